The van der Waals surface area contributed by atoms with Gasteiger partial charge in [0.1, 0.15) is 12.6 Å². The highest BCUT2D eigenvalue weighted by molar-refractivity contribution is 5.81. The molecule has 1 saturated carbocycles. The zero-order valence-corrected chi connectivity index (χ0v) is 9.57. The van der Waals surface area contributed by atoms with Crippen LogP contribution in [0.4, 0.5) is 4.79 Å². The van der Waals surface area contributed by atoms with Crippen LogP contribution in [0, 0.1) is 5.92 Å². The summed E-state index contributed by atoms with van der Waals surface area (Å²) < 4.78 is 5.20. The van der Waals surface area contributed by atoms with E-state index in [1.54, 1.807) is 0 Å². The molecule has 6 heteroatoms. The predicted molar refractivity (Wildman–Crippen MR) is 60.6 cm³/mol. The largest absolute Gasteiger partial charge is 0.442 e. The third-order valence-corrected chi connectivity index (χ3v) is 3.27. The third kappa shape index (κ3) is 2.97. The maximum absolute atomic E-state index is 11.4. The highest BCUT2D eigenvalue weighted by Gasteiger charge is 2.31. The van der Waals surface area contributed by atoms with Gasteiger partial charge < -0.3 is 10.1 Å². The average Bonchev–Trinajstić information content (AvgIpc) is 2.86. The van der Waals surface area contributed by atoms with Crippen molar-refractivity contribution in [3.63, 3.8) is 0 Å². The second-order valence-corrected chi connectivity index (χ2v) is 4.43. The molecule has 0 bridgehead atoms. The lowest BCUT2D eigenvalue weighted by Gasteiger charge is -2.12. The van der Waals surface area contributed by atoms with E-state index in [1.807, 2.05) is 11.5 Å². The van der Waals surface area contributed by atoms with Crippen molar-refractivity contribution in [2.24, 2.45) is 11.8 Å². The molecule has 17 heavy (non-hydrogen) atoms. The van der Waals surface area contributed by atoms with Crippen molar-refractivity contribution in [3.05, 3.63) is 11.6 Å². The van der Waals surface area contributed by atoms with Crippen molar-refractivity contribution in [3.8, 4) is 0 Å². The molecule has 4 N–H and O–H groups in total. The van der Waals surface area contributed by atoms with Gasteiger partial charge in [0, 0.05) is 0 Å². The number of carbonyl (C=O) groups excluding carboxylic acids is 2. The normalized spacial score (nSPS) is 26.1. The number of hydrogen-bond donors (Lipinski definition) is 3. The summed E-state index contributed by atoms with van der Waals surface area (Å²) in [6, 6.07) is 0. The van der Waals surface area contributed by atoms with Crippen LogP contribution in [0.15, 0.2) is 11.6 Å². The van der Waals surface area contributed by atoms with Gasteiger partial charge in [-0.2, -0.15) is 0 Å². The first-order valence-corrected chi connectivity index (χ1v) is 5.83. The molecule has 94 valence electrons. The van der Waals surface area contributed by atoms with Crippen LogP contribution < -0.4 is 16.6 Å². The molecule has 2 rings (SSSR count). The van der Waals surface area contributed by atoms with E-state index in [0.717, 1.165) is 12.8 Å². The Hall–Kier alpha value is -1.56. The molecule has 0 saturated heterocycles. The number of alkyl carbamates (subject to hydrolysis) is 1. The Labute approximate surface area is 99.5 Å². The van der Waals surface area contributed by atoms with Crippen molar-refractivity contribution >= 4 is 12.0 Å². The number of carbonyl (C=O) groups is 2. The minimum atomic E-state index is -0.574. The van der Waals surface area contributed by atoms with E-state index in [-0.39, 0.29) is 12.6 Å². The van der Waals surface area contributed by atoms with Crippen LogP contribution in [-0.2, 0) is 9.53 Å². The monoisotopic (exact) mass is 239 g/mol. The van der Waals surface area contributed by atoms with Crippen molar-refractivity contribution in [1.82, 2.24) is 10.7 Å². The first-order valence-electron chi connectivity index (χ1n) is 5.83. The summed E-state index contributed by atoms with van der Waals surface area (Å²) in [5.41, 5.74) is 3.34. The highest BCUT2D eigenvalue weighted by Crippen LogP contribution is 2.40. The van der Waals surface area contributed by atoms with Crippen molar-refractivity contribution < 1.29 is 14.3 Å². The topological polar surface area (TPSA) is 93.5 Å². The summed E-state index contributed by atoms with van der Waals surface area (Å²) in [5, 5.41) is 2.34. The minimum absolute atomic E-state index is 0.142. The molecule has 0 aromatic heterocycles. The number of nitrogens with one attached hydrogen (secondary N) is 2. The maximum atomic E-state index is 11.4. The number of hydrazine groups is 1. The third-order valence-electron chi connectivity index (χ3n) is 3.27. The van der Waals surface area contributed by atoms with E-state index >= 15 is 0 Å². The van der Waals surface area contributed by atoms with Gasteiger partial charge >= 0.3 is 6.09 Å². The lowest BCUT2D eigenvalue weighted by molar-refractivity contribution is -0.120. The van der Waals surface area contributed by atoms with Crippen molar-refractivity contribution in [1.29, 1.82) is 0 Å². The van der Waals surface area contributed by atoms with Crippen LogP contribution in [0.3, 0.4) is 0 Å². The molecule has 0 aromatic rings. The Morgan fingerprint density at radius 1 is 1.53 bits per heavy atom. The zero-order chi connectivity index (χ0) is 12.3. The number of nitrogens with two attached hydrogens (primary N) is 1. The number of allylic oxidation sites excluding steroid dienone is 1. The van der Waals surface area contributed by atoms with Crippen LogP contribution in [0.2, 0.25) is 0 Å². The molecule has 6 nitrogen and oxygen atoms in total. The summed E-state index contributed by atoms with van der Waals surface area (Å²) in [6.45, 7) is -0.165. The van der Waals surface area contributed by atoms with E-state index in [4.69, 9.17) is 10.6 Å². The van der Waals surface area contributed by atoms with Gasteiger partial charge in [0.25, 0.3) is 5.91 Å². The van der Waals surface area contributed by atoms with Gasteiger partial charge in [-0.1, -0.05) is 5.57 Å². The van der Waals surface area contributed by atoms with E-state index < -0.39 is 12.0 Å². The Morgan fingerprint density at radius 3 is 3.06 bits per heavy atom. The summed E-state index contributed by atoms with van der Waals surface area (Å²) in [7, 11) is 0. The van der Waals surface area contributed by atoms with Gasteiger partial charge in [0.15, 0.2) is 0 Å². The number of amides is 2. The van der Waals surface area contributed by atoms with Crippen LogP contribution in [0.1, 0.15) is 25.7 Å². The number of hydrogen-bond acceptors (Lipinski definition) is 4. The first kappa shape index (κ1) is 11.9. The summed E-state index contributed by atoms with van der Waals surface area (Å²) >= 11 is 0. The standard InChI is InChI=1S/C11H17N3O3/c12-14-10(15)6-13-11(16)17-9-4-7-2-1-3-8(7)5-9/h4,8-9H,1-3,5-6,12H2,(H,13,16)(H,14,15). The molecule has 0 radical (unpaired) electrons. The van der Waals surface area contributed by atoms with E-state index in [2.05, 4.69) is 5.32 Å². The minimum Gasteiger partial charge on any atom is -0.442 e. The van der Waals surface area contributed by atoms with Gasteiger partial charge in [-0.3, -0.25) is 10.2 Å². The van der Waals surface area contributed by atoms with Crippen LogP contribution >= 0.6 is 0 Å². The fraction of sp³-hybridized carbons (Fsp3) is 0.636. The highest BCUT2D eigenvalue weighted by atomic mass is 16.6. The number of fused-ring (bicyclic) bond motifs is 1. The van der Waals surface area contributed by atoms with Crippen LogP contribution in [0.5, 0.6) is 0 Å². The van der Waals surface area contributed by atoms with Gasteiger partial charge in [-0.15, -0.1) is 0 Å². The van der Waals surface area contributed by atoms with Gasteiger partial charge in [-0.05, 0) is 37.7 Å². The Balaban J connectivity index is 1.73. The summed E-state index contributed by atoms with van der Waals surface area (Å²) in [5.74, 6) is 5.03. The van der Waals surface area contributed by atoms with E-state index in [1.165, 1.54) is 18.4 Å². The van der Waals surface area contributed by atoms with E-state index in [9.17, 15) is 9.59 Å². The molecule has 0 aliphatic heterocycles. The molecular weight excluding hydrogens is 222 g/mol. The van der Waals surface area contributed by atoms with Crippen molar-refractivity contribution in [2.75, 3.05) is 6.54 Å². The lowest BCUT2D eigenvalue weighted by atomic mass is 10.1. The molecule has 2 aliphatic rings. The second-order valence-electron chi connectivity index (χ2n) is 4.43. The van der Waals surface area contributed by atoms with Crippen LogP contribution in [0.25, 0.3) is 0 Å². The Bertz CT molecular complexity index is 354. The summed E-state index contributed by atoms with van der Waals surface area (Å²) in [4.78, 5) is 22.2. The molecular formula is C11H17N3O3. The SMILES string of the molecule is NNC(=O)CNC(=O)OC1C=C2CCCC2C1. The fourth-order valence-corrected chi connectivity index (χ4v) is 2.48. The van der Waals surface area contributed by atoms with Crippen LogP contribution in [-0.4, -0.2) is 24.6 Å². The fourth-order valence-electron chi connectivity index (χ4n) is 2.48. The van der Waals surface area contributed by atoms with Gasteiger partial charge in [-0.25, -0.2) is 10.6 Å². The molecule has 1 fully saturated rings. The number of ether oxygens (including phenoxy) is 1. The maximum Gasteiger partial charge on any atom is 0.408 e. The second kappa shape index (κ2) is 5.18. The van der Waals surface area contributed by atoms with Crippen molar-refractivity contribution in [2.45, 2.75) is 31.8 Å². The molecule has 2 unspecified atom stereocenters. The molecule has 0 spiro atoms. The molecule has 0 heterocycles. The van der Waals surface area contributed by atoms with Gasteiger partial charge in [0.2, 0.25) is 0 Å². The quantitative estimate of drug-likeness (QED) is 0.284. The molecule has 2 atom stereocenters. The average molecular weight is 239 g/mol. The molecule has 2 amide bonds. The lowest BCUT2D eigenvalue weighted by Crippen LogP contribution is -2.40. The Morgan fingerprint density at radius 2 is 2.35 bits per heavy atom. The number of rotatable bonds is 3. The van der Waals surface area contributed by atoms with E-state index in [0.29, 0.717) is 5.92 Å². The smallest absolute Gasteiger partial charge is 0.408 e. The Kier molecular flexibility index (Phi) is 3.63. The predicted octanol–water partition coefficient (Wildman–Crippen LogP) is 0.201. The van der Waals surface area contributed by atoms with Gasteiger partial charge in [0.05, 0.1) is 0 Å². The molecule has 0 aromatic carbocycles. The summed E-state index contributed by atoms with van der Waals surface area (Å²) in [6.07, 6.45) is 5.77. The molecule has 2 aliphatic carbocycles. The zero-order valence-electron chi connectivity index (χ0n) is 9.57. The first-order chi connectivity index (χ1) is 8.19.